The van der Waals surface area contributed by atoms with Crippen molar-refractivity contribution in [3.8, 4) is 0 Å². The van der Waals surface area contributed by atoms with E-state index >= 15 is 0 Å². The second-order valence-electron chi connectivity index (χ2n) is 5.25. The van der Waals surface area contributed by atoms with Gasteiger partial charge in [0.05, 0.1) is 0 Å². The van der Waals surface area contributed by atoms with Crippen LogP contribution >= 0.6 is 0 Å². The largest absolute Gasteiger partial charge is 0.314 e. The van der Waals surface area contributed by atoms with Gasteiger partial charge in [-0.3, -0.25) is 4.90 Å². The highest BCUT2D eigenvalue weighted by molar-refractivity contribution is 5.31. The van der Waals surface area contributed by atoms with Gasteiger partial charge in [0.1, 0.15) is 0 Å². The Balaban J connectivity index is 1.88. The predicted molar refractivity (Wildman–Crippen MR) is 71.2 cm³/mol. The Labute approximate surface area is 104 Å². The van der Waals surface area contributed by atoms with Crippen LogP contribution in [-0.2, 0) is 6.42 Å². The fourth-order valence-corrected chi connectivity index (χ4v) is 3.27. The van der Waals surface area contributed by atoms with Gasteiger partial charge in [-0.15, -0.1) is 0 Å². The first-order valence-corrected chi connectivity index (χ1v) is 6.98. The molecule has 0 spiro atoms. The molecule has 1 N–H and O–H groups in total. The van der Waals surface area contributed by atoms with Crippen LogP contribution in [0.2, 0.25) is 0 Å². The molecule has 0 amide bonds. The fourth-order valence-electron chi connectivity index (χ4n) is 3.27. The van der Waals surface area contributed by atoms with Crippen LogP contribution in [0.4, 0.5) is 0 Å². The number of aryl methyl sites for hydroxylation is 1. The van der Waals surface area contributed by atoms with Gasteiger partial charge in [0, 0.05) is 32.2 Å². The van der Waals surface area contributed by atoms with Crippen molar-refractivity contribution in [3.05, 3.63) is 35.4 Å². The molecule has 1 heterocycles. The van der Waals surface area contributed by atoms with Crippen molar-refractivity contribution in [2.24, 2.45) is 0 Å². The Hall–Kier alpha value is -0.860. The lowest BCUT2D eigenvalue weighted by molar-refractivity contribution is 0.165. The van der Waals surface area contributed by atoms with E-state index in [-0.39, 0.29) is 0 Å². The standard InChI is InChI=1S/C15H22N2/c1-3-7-14-13(5-1)6-2-4-8-15(14)17-11-9-16-10-12-17/h1,3,5,7,15-16H,2,4,6,8-12H2/t15-/m1/s1. The van der Waals surface area contributed by atoms with Crippen molar-refractivity contribution in [2.45, 2.75) is 31.7 Å². The minimum absolute atomic E-state index is 0.677. The van der Waals surface area contributed by atoms with Crippen molar-refractivity contribution in [1.29, 1.82) is 0 Å². The average molecular weight is 230 g/mol. The first-order chi connectivity index (χ1) is 8.45. The lowest BCUT2D eigenvalue weighted by atomic mass is 9.97. The smallest absolute Gasteiger partial charge is 0.0351 e. The molecule has 3 rings (SSSR count). The van der Waals surface area contributed by atoms with Crippen LogP contribution < -0.4 is 5.32 Å². The van der Waals surface area contributed by atoms with E-state index in [9.17, 15) is 0 Å². The third-order valence-corrected chi connectivity index (χ3v) is 4.18. The van der Waals surface area contributed by atoms with Crippen molar-refractivity contribution in [1.82, 2.24) is 10.2 Å². The Morgan fingerprint density at radius 2 is 1.88 bits per heavy atom. The van der Waals surface area contributed by atoms with Crippen LogP contribution in [0.3, 0.4) is 0 Å². The number of rotatable bonds is 1. The summed E-state index contributed by atoms with van der Waals surface area (Å²) < 4.78 is 0. The molecule has 2 aliphatic rings. The SMILES string of the molecule is c1ccc2c(c1)CCCC[C@H]2N1CCNCC1. The highest BCUT2D eigenvalue weighted by atomic mass is 15.2. The molecule has 0 aromatic heterocycles. The highest BCUT2D eigenvalue weighted by Gasteiger charge is 2.25. The molecule has 0 unspecified atom stereocenters. The summed E-state index contributed by atoms with van der Waals surface area (Å²) in [5, 5.41) is 3.45. The first kappa shape index (κ1) is 11.2. The maximum atomic E-state index is 3.45. The number of hydrogen-bond acceptors (Lipinski definition) is 2. The van der Waals surface area contributed by atoms with Crippen LogP contribution in [0.15, 0.2) is 24.3 Å². The summed E-state index contributed by atoms with van der Waals surface area (Å²) in [4.78, 5) is 2.68. The number of nitrogens with zero attached hydrogens (tertiary/aromatic N) is 1. The first-order valence-electron chi connectivity index (χ1n) is 6.98. The second kappa shape index (κ2) is 5.19. The van der Waals surface area contributed by atoms with E-state index in [2.05, 4.69) is 34.5 Å². The average Bonchev–Trinajstić information content (AvgIpc) is 2.62. The molecule has 92 valence electrons. The number of fused-ring (bicyclic) bond motifs is 1. The van der Waals surface area contributed by atoms with Crippen molar-refractivity contribution >= 4 is 0 Å². The molecular weight excluding hydrogens is 208 g/mol. The summed E-state index contributed by atoms with van der Waals surface area (Å²) in [6.45, 7) is 4.72. The molecule has 0 saturated carbocycles. The number of nitrogens with one attached hydrogen (secondary N) is 1. The van der Waals surface area contributed by atoms with E-state index in [0.717, 1.165) is 13.1 Å². The van der Waals surface area contributed by atoms with Crippen LogP contribution in [0, 0.1) is 0 Å². The molecule has 1 atom stereocenters. The van der Waals surface area contributed by atoms with E-state index < -0.39 is 0 Å². The lowest BCUT2D eigenvalue weighted by Gasteiger charge is -2.35. The number of hydrogen-bond donors (Lipinski definition) is 1. The zero-order valence-electron chi connectivity index (χ0n) is 10.5. The molecule has 1 aromatic rings. The van der Waals surface area contributed by atoms with E-state index in [1.807, 2.05) is 0 Å². The number of benzene rings is 1. The van der Waals surface area contributed by atoms with E-state index in [4.69, 9.17) is 0 Å². The van der Waals surface area contributed by atoms with Gasteiger partial charge in [-0.25, -0.2) is 0 Å². The Kier molecular flexibility index (Phi) is 3.44. The summed E-state index contributed by atoms with van der Waals surface area (Å²) in [5.74, 6) is 0. The van der Waals surface area contributed by atoms with Gasteiger partial charge in [-0.2, -0.15) is 0 Å². The summed E-state index contributed by atoms with van der Waals surface area (Å²) in [5.41, 5.74) is 3.19. The van der Waals surface area contributed by atoms with Gasteiger partial charge in [-0.1, -0.05) is 30.7 Å². The van der Waals surface area contributed by atoms with Gasteiger partial charge in [0.25, 0.3) is 0 Å². The molecule has 1 aromatic carbocycles. The zero-order valence-corrected chi connectivity index (χ0v) is 10.5. The molecule has 1 saturated heterocycles. The van der Waals surface area contributed by atoms with Crippen LogP contribution in [-0.4, -0.2) is 31.1 Å². The number of piperazine rings is 1. The van der Waals surface area contributed by atoms with Crippen LogP contribution in [0.1, 0.15) is 36.4 Å². The monoisotopic (exact) mass is 230 g/mol. The second-order valence-corrected chi connectivity index (χ2v) is 5.25. The molecule has 2 heteroatoms. The molecule has 0 bridgehead atoms. The molecule has 1 fully saturated rings. The van der Waals surface area contributed by atoms with Gasteiger partial charge >= 0.3 is 0 Å². The van der Waals surface area contributed by atoms with Crippen molar-refractivity contribution in [3.63, 3.8) is 0 Å². The van der Waals surface area contributed by atoms with Gasteiger partial charge in [-0.05, 0) is 30.4 Å². The lowest BCUT2D eigenvalue weighted by Crippen LogP contribution is -2.45. The van der Waals surface area contributed by atoms with Crippen molar-refractivity contribution in [2.75, 3.05) is 26.2 Å². The molecular formula is C15H22N2. The van der Waals surface area contributed by atoms with Crippen LogP contribution in [0.25, 0.3) is 0 Å². The Bertz CT molecular complexity index is 369. The molecule has 1 aliphatic heterocycles. The van der Waals surface area contributed by atoms with Crippen molar-refractivity contribution < 1.29 is 0 Å². The maximum Gasteiger partial charge on any atom is 0.0351 e. The topological polar surface area (TPSA) is 15.3 Å². The van der Waals surface area contributed by atoms with Crippen LogP contribution in [0.5, 0.6) is 0 Å². The third-order valence-electron chi connectivity index (χ3n) is 4.18. The van der Waals surface area contributed by atoms with Gasteiger partial charge in [0.2, 0.25) is 0 Å². The summed E-state index contributed by atoms with van der Waals surface area (Å²) in [7, 11) is 0. The summed E-state index contributed by atoms with van der Waals surface area (Å²) in [6, 6.07) is 9.76. The summed E-state index contributed by atoms with van der Waals surface area (Å²) >= 11 is 0. The quantitative estimate of drug-likeness (QED) is 0.745. The predicted octanol–water partition coefficient (Wildman–Crippen LogP) is 2.36. The molecule has 2 nitrogen and oxygen atoms in total. The normalized spacial score (nSPS) is 26.2. The Morgan fingerprint density at radius 3 is 2.76 bits per heavy atom. The zero-order chi connectivity index (χ0) is 11.5. The van der Waals surface area contributed by atoms with Gasteiger partial charge < -0.3 is 5.32 Å². The van der Waals surface area contributed by atoms with E-state index in [1.54, 1.807) is 11.1 Å². The van der Waals surface area contributed by atoms with Gasteiger partial charge in [0.15, 0.2) is 0 Å². The van der Waals surface area contributed by atoms with E-state index in [1.165, 1.54) is 38.8 Å². The minimum atomic E-state index is 0.677. The fraction of sp³-hybridized carbons (Fsp3) is 0.600. The minimum Gasteiger partial charge on any atom is -0.314 e. The maximum absolute atomic E-state index is 3.45. The molecule has 17 heavy (non-hydrogen) atoms. The third kappa shape index (κ3) is 2.38. The van der Waals surface area contributed by atoms with E-state index in [0.29, 0.717) is 6.04 Å². The summed E-state index contributed by atoms with van der Waals surface area (Å²) in [6.07, 6.45) is 5.36. The molecule has 0 radical (unpaired) electrons. The Morgan fingerprint density at radius 1 is 1.06 bits per heavy atom. The highest BCUT2D eigenvalue weighted by Crippen LogP contribution is 2.33. The molecule has 1 aliphatic carbocycles.